The lowest BCUT2D eigenvalue weighted by Gasteiger charge is -2.17. The van der Waals surface area contributed by atoms with Crippen molar-refractivity contribution in [1.82, 2.24) is 9.80 Å². The average molecular weight is 232 g/mol. The van der Waals surface area contributed by atoms with E-state index in [0.717, 1.165) is 0 Å². The van der Waals surface area contributed by atoms with Gasteiger partial charge in [0.25, 0.3) is 0 Å². The third-order valence-electron chi connectivity index (χ3n) is 1.49. The summed E-state index contributed by atoms with van der Waals surface area (Å²) in [4.78, 5) is 25.8. The van der Waals surface area contributed by atoms with Crippen molar-refractivity contribution in [2.45, 2.75) is 13.2 Å². The van der Waals surface area contributed by atoms with E-state index in [1.54, 1.807) is 38.0 Å². The summed E-state index contributed by atoms with van der Waals surface area (Å²) in [5.74, 6) is -0.842. The van der Waals surface area contributed by atoms with Gasteiger partial charge < -0.3 is 9.47 Å². The number of carbonyl (C=O) groups is 2. The molecule has 0 aromatic heterocycles. The first-order valence-electron chi connectivity index (χ1n) is 4.99. The lowest BCUT2D eigenvalue weighted by atomic mass is 10.6. The first-order valence-corrected chi connectivity index (χ1v) is 4.99. The molecule has 0 radical (unpaired) electrons. The predicted octanol–water partition coefficient (Wildman–Crippen LogP) is -0.458. The van der Waals surface area contributed by atoms with E-state index in [9.17, 15) is 9.59 Å². The summed E-state index contributed by atoms with van der Waals surface area (Å²) < 4.78 is 9.74. The van der Waals surface area contributed by atoms with Crippen LogP contribution in [0.4, 0.5) is 0 Å². The Labute approximate surface area is 96.1 Å². The minimum Gasteiger partial charge on any atom is -0.425 e. The van der Waals surface area contributed by atoms with Crippen LogP contribution in [0, 0.1) is 0 Å². The van der Waals surface area contributed by atoms with Gasteiger partial charge in [0.1, 0.15) is 0 Å². The SMILES string of the molecule is CC(OC(=O)CN(C)C)OC(=O)CN(C)C. The molecule has 0 atom stereocenters. The Morgan fingerprint density at radius 2 is 1.25 bits per heavy atom. The molecule has 0 N–H and O–H groups in total. The van der Waals surface area contributed by atoms with Crippen molar-refractivity contribution in [3.8, 4) is 0 Å². The van der Waals surface area contributed by atoms with E-state index < -0.39 is 18.2 Å². The standard InChI is InChI=1S/C10H20N2O4/c1-8(15-9(13)6-11(2)3)16-10(14)7-12(4)5/h8H,6-7H2,1-5H3. The predicted molar refractivity (Wildman–Crippen MR) is 58.8 cm³/mol. The van der Waals surface area contributed by atoms with Crippen molar-refractivity contribution >= 4 is 11.9 Å². The van der Waals surface area contributed by atoms with E-state index in [-0.39, 0.29) is 13.1 Å². The maximum absolute atomic E-state index is 11.2. The molecule has 0 unspecified atom stereocenters. The van der Waals surface area contributed by atoms with Crippen molar-refractivity contribution in [2.75, 3.05) is 41.3 Å². The van der Waals surface area contributed by atoms with E-state index in [2.05, 4.69) is 0 Å². The number of nitrogens with zero attached hydrogens (tertiary/aromatic N) is 2. The zero-order valence-electron chi connectivity index (χ0n) is 10.5. The second kappa shape index (κ2) is 7.19. The molecule has 0 saturated carbocycles. The summed E-state index contributed by atoms with van der Waals surface area (Å²) in [7, 11) is 7.02. The number of rotatable bonds is 6. The molecule has 0 aliphatic rings. The van der Waals surface area contributed by atoms with Crippen LogP contribution in [0.3, 0.4) is 0 Å². The van der Waals surface area contributed by atoms with Gasteiger partial charge in [0, 0.05) is 6.92 Å². The number of likely N-dealkylation sites (N-methyl/N-ethyl adjacent to an activating group) is 2. The van der Waals surface area contributed by atoms with Crippen LogP contribution in [-0.4, -0.2) is 69.3 Å². The van der Waals surface area contributed by atoms with Gasteiger partial charge in [-0.3, -0.25) is 19.4 Å². The van der Waals surface area contributed by atoms with Crippen LogP contribution >= 0.6 is 0 Å². The van der Waals surface area contributed by atoms with Crippen LogP contribution in [0.1, 0.15) is 6.92 Å². The molecule has 6 nitrogen and oxygen atoms in total. The Kier molecular flexibility index (Phi) is 6.67. The number of hydrogen-bond acceptors (Lipinski definition) is 6. The third-order valence-corrected chi connectivity index (χ3v) is 1.49. The van der Waals surface area contributed by atoms with Gasteiger partial charge in [-0.2, -0.15) is 0 Å². The number of ether oxygens (including phenoxy) is 2. The van der Waals surface area contributed by atoms with Crippen molar-refractivity contribution in [3.05, 3.63) is 0 Å². The Bertz CT molecular complexity index is 217. The lowest BCUT2D eigenvalue weighted by molar-refractivity contribution is -0.185. The normalized spacial score (nSPS) is 11.0. The van der Waals surface area contributed by atoms with Gasteiger partial charge in [-0.25, -0.2) is 0 Å². The molecule has 0 aromatic carbocycles. The highest BCUT2D eigenvalue weighted by atomic mass is 16.7. The van der Waals surface area contributed by atoms with Gasteiger partial charge in [0.15, 0.2) is 0 Å². The van der Waals surface area contributed by atoms with Gasteiger partial charge >= 0.3 is 11.9 Å². The quantitative estimate of drug-likeness (QED) is 0.456. The third kappa shape index (κ3) is 8.19. The van der Waals surface area contributed by atoms with E-state index >= 15 is 0 Å². The fraction of sp³-hybridized carbons (Fsp3) is 0.800. The first kappa shape index (κ1) is 14.9. The fourth-order valence-corrected chi connectivity index (χ4v) is 0.985. The Morgan fingerprint density at radius 1 is 0.938 bits per heavy atom. The van der Waals surface area contributed by atoms with Crippen molar-refractivity contribution < 1.29 is 19.1 Å². The molecule has 0 spiro atoms. The highest BCUT2D eigenvalue weighted by Crippen LogP contribution is 1.96. The molecular weight excluding hydrogens is 212 g/mol. The molecule has 0 amide bonds. The van der Waals surface area contributed by atoms with Gasteiger partial charge in [-0.05, 0) is 28.2 Å². The maximum Gasteiger partial charge on any atom is 0.323 e. The van der Waals surface area contributed by atoms with Crippen LogP contribution in [0.5, 0.6) is 0 Å². The molecular formula is C10H20N2O4. The van der Waals surface area contributed by atoms with E-state index in [1.165, 1.54) is 6.92 Å². The van der Waals surface area contributed by atoms with E-state index in [4.69, 9.17) is 9.47 Å². The molecule has 6 heteroatoms. The van der Waals surface area contributed by atoms with Crippen molar-refractivity contribution in [3.63, 3.8) is 0 Å². The topological polar surface area (TPSA) is 59.1 Å². The van der Waals surface area contributed by atoms with Crippen LogP contribution in [-0.2, 0) is 19.1 Å². The summed E-state index contributed by atoms with van der Waals surface area (Å²) in [6.07, 6.45) is -0.847. The molecule has 0 aliphatic carbocycles. The van der Waals surface area contributed by atoms with Crippen LogP contribution in [0.15, 0.2) is 0 Å². The summed E-state index contributed by atoms with van der Waals surface area (Å²) in [6.45, 7) is 1.84. The van der Waals surface area contributed by atoms with Gasteiger partial charge in [0.05, 0.1) is 13.1 Å². The fourth-order valence-electron chi connectivity index (χ4n) is 0.985. The largest absolute Gasteiger partial charge is 0.425 e. The second-order valence-electron chi connectivity index (χ2n) is 4.02. The highest BCUT2D eigenvalue weighted by Gasteiger charge is 2.14. The van der Waals surface area contributed by atoms with E-state index in [0.29, 0.717) is 0 Å². The summed E-state index contributed by atoms with van der Waals surface area (Å²) in [6, 6.07) is 0. The lowest BCUT2D eigenvalue weighted by Crippen LogP contribution is -2.31. The minimum absolute atomic E-state index is 0.162. The smallest absolute Gasteiger partial charge is 0.323 e. The summed E-state index contributed by atoms with van der Waals surface area (Å²) >= 11 is 0. The van der Waals surface area contributed by atoms with Gasteiger partial charge in [-0.1, -0.05) is 0 Å². The molecule has 0 rings (SSSR count). The van der Waals surface area contributed by atoms with Crippen LogP contribution in [0.25, 0.3) is 0 Å². The summed E-state index contributed by atoms with van der Waals surface area (Å²) in [5, 5.41) is 0. The average Bonchev–Trinajstić information content (AvgIpc) is 1.97. The molecule has 0 fully saturated rings. The highest BCUT2D eigenvalue weighted by molar-refractivity contribution is 5.73. The van der Waals surface area contributed by atoms with Crippen molar-refractivity contribution in [1.29, 1.82) is 0 Å². The van der Waals surface area contributed by atoms with Crippen molar-refractivity contribution in [2.24, 2.45) is 0 Å². The molecule has 0 aromatic rings. The Balaban J connectivity index is 3.85. The number of esters is 2. The van der Waals surface area contributed by atoms with Crippen LogP contribution < -0.4 is 0 Å². The maximum atomic E-state index is 11.2. The number of hydrogen-bond donors (Lipinski definition) is 0. The minimum atomic E-state index is -0.847. The summed E-state index contributed by atoms with van der Waals surface area (Å²) in [5.41, 5.74) is 0. The molecule has 0 bridgehead atoms. The molecule has 0 aliphatic heterocycles. The first-order chi connectivity index (χ1) is 7.31. The zero-order valence-corrected chi connectivity index (χ0v) is 10.5. The molecule has 0 saturated heterocycles. The van der Waals surface area contributed by atoms with E-state index in [1.807, 2.05) is 0 Å². The Morgan fingerprint density at radius 3 is 1.50 bits per heavy atom. The second-order valence-corrected chi connectivity index (χ2v) is 4.02. The zero-order chi connectivity index (χ0) is 12.7. The van der Waals surface area contributed by atoms with Crippen LogP contribution in [0.2, 0.25) is 0 Å². The number of carbonyl (C=O) groups excluding carboxylic acids is 2. The Hall–Kier alpha value is -1.14. The van der Waals surface area contributed by atoms with Gasteiger partial charge in [0.2, 0.25) is 6.29 Å². The monoisotopic (exact) mass is 232 g/mol. The molecule has 94 valence electrons. The molecule has 16 heavy (non-hydrogen) atoms. The molecule has 0 heterocycles. The van der Waals surface area contributed by atoms with Gasteiger partial charge in [-0.15, -0.1) is 0 Å².